The first-order valence-corrected chi connectivity index (χ1v) is 7.86. The van der Waals surface area contributed by atoms with E-state index in [1.165, 1.54) is 6.42 Å². The number of carboxylic acid groups (broad SMARTS) is 1. The Balaban J connectivity index is 1.95. The van der Waals surface area contributed by atoms with Crippen LogP contribution in [0.15, 0.2) is 0 Å². The van der Waals surface area contributed by atoms with E-state index in [4.69, 9.17) is 0 Å². The van der Waals surface area contributed by atoms with Crippen LogP contribution in [0, 0.1) is 5.92 Å². The molecule has 1 aliphatic rings. The molecule has 0 radical (unpaired) electrons. The second-order valence-electron chi connectivity index (χ2n) is 5.57. The fourth-order valence-corrected chi connectivity index (χ4v) is 3.53. The number of aliphatic carboxylic acids is 1. The van der Waals surface area contributed by atoms with E-state index in [0.29, 0.717) is 0 Å². The Hall–Kier alpha value is -1.10. The number of nitrogens with one attached hydrogen (secondary N) is 1. The van der Waals surface area contributed by atoms with Crippen molar-refractivity contribution < 1.29 is 9.90 Å². The Bertz CT molecular complexity index is 443. The van der Waals surface area contributed by atoms with Gasteiger partial charge >= 0.3 is 5.97 Å². The highest BCUT2D eigenvalue weighted by molar-refractivity contribution is 7.15. The van der Waals surface area contributed by atoms with Gasteiger partial charge in [-0.2, -0.15) is 0 Å². The number of aryl methyl sites for hydroxylation is 1. The number of aromatic nitrogens is 1. The van der Waals surface area contributed by atoms with Crippen LogP contribution in [0.3, 0.4) is 0 Å². The molecule has 5 heteroatoms. The van der Waals surface area contributed by atoms with Crippen LogP contribution in [0.5, 0.6) is 0 Å². The molecule has 106 valence electrons. The number of nitrogens with zero attached hydrogens (tertiary/aromatic N) is 1. The number of hydrogen-bond acceptors (Lipinski definition) is 4. The van der Waals surface area contributed by atoms with Crippen LogP contribution in [0.2, 0.25) is 0 Å². The highest BCUT2D eigenvalue weighted by Gasteiger charge is 2.29. The second kappa shape index (κ2) is 6.37. The Kier molecular flexibility index (Phi) is 4.80. The molecule has 0 fully saturated rings. The zero-order valence-electron chi connectivity index (χ0n) is 11.6. The summed E-state index contributed by atoms with van der Waals surface area (Å²) in [6.07, 6.45) is 4.99. The Morgan fingerprint density at radius 3 is 3.05 bits per heavy atom. The van der Waals surface area contributed by atoms with E-state index in [2.05, 4.69) is 24.1 Å². The first-order valence-electron chi connectivity index (χ1n) is 7.04. The number of fused-ring (bicyclic) bond motifs is 1. The van der Waals surface area contributed by atoms with Gasteiger partial charge < -0.3 is 10.4 Å². The van der Waals surface area contributed by atoms with Gasteiger partial charge in [0.05, 0.1) is 5.69 Å². The largest absolute Gasteiger partial charge is 0.481 e. The molecule has 0 saturated heterocycles. The Morgan fingerprint density at radius 2 is 2.37 bits per heavy atom. The minimum Gasteiger partial charge on any atom is -0.481 e. The molecule has 0 spiro atoms. The van der Waals surface area contributed by atoms with Crippen molar-refractivity contribution in [1.82, 2.24) is 4.98 Å². The van der Waals surface area contributed by atoms with Gasteiger partial charge in [0.15, 0.2) is 5.13 Å². The molecule has 4 nitrogen and oxygen atoms in total. The molecule has 0 bridgehead atoms. The quantitative estimate of drug-likeness (QED) is 0.784. The predicted molar refractivity (Wildman–Crippen MR) is 78.0 cm³/mol. The van der Waals surface area contributed by atoms with E-state index < -0.39 is 11.9 Å². The molecule has 0 amide bonds. The number of anilines is 1. The third-order valence-electron chi connectivity index (χ3n) is 3.49. The van der Waals surface area contributed by atoms with Crippen molar-refractivity contribution in [3.63, 3.8) is 0 Å². The van der Waals surface area contributed by atoms with Gasteiger partial charge in [-0.15, -0.1) is 11.3 Å². The minimum atomic E-state index is -0.738. The summed E-state index contributed by atoms with van der Waals surface area (Å²) in [6, 6.07) is 0. The minimum absolute atomic E-state index is 0.397. The molecule has 1 aromatic rings. The number of rotatable bonds is 6. The van der Waals surface area contributed by atoms with Crippen LogP contribution in [0.25, 0.3) is 0 Å². The molecule has 0 saturated carbocycles. The molecule has 2 rings (SSSR count). The summed E-state index contributed by atoms with van der Waals surface area (Å²) in [6.45, 7) is 5.36. The normalized spacial score (nSPS) is 18.4. The van der Waals surface area contributed by atoms with E-state index in [9.17, 15) is 9.90 Å². The van der Waals surface area contributed by atoms with E-state index >= 15 is 0 Å². The van der Waals surface area contributed by atoms with Crippen LogP contribution in [-0.2, 0) is 11.2 Å². The first-order chi connectivity index (χ1) is 9.08. The maximum absolute atomic E-state index is 11.2. The summed E-state index contributed by atoms with van der Waals surface area (Å²) >= 11 is 1.63. The van der Waals surface area contributed by atoms with E-state index in [-0.39, 0.29) is 0 Å². The van der Waals surface area contributed by atoms with Gasteiger partial charge in [0.1, 0.15) is 5.92 Å². The van der Waals surface area contributed by atoms with Gasteiger partial charge in [-0.25, -0.2) is 4.98 Å². The lowest BCUT2D eigenvalue weighted by Crippen LogP contribution is -2.17. The van der Waals surface area contributed by atoms with Gasteiger partial charge in [0.2, 0.25) is 0 Å². The first kappa shape index (κ1) is 14.3. The van der Waals surface area contributed by atoms with Crippen LogP contribution in [0.4, 0.5) is 5.13 Å². The summed E-state index contributed by atoms with van der Waals surface area (Å²) in [5, 5.41) is 13.4. The molecular formula is C14H22N2O2S. The Morgan fingerprint density at radius 1 is 1.58 bits per heavy atom. The van der Waals surface area contributed by atoms with Crippen LogP contribution in [0.1, 0.15) is 56.0 Å². The molecule has 2 N–H and O–H groups in total. The molecule has 1 unspecified atom stereocenters. The van der Waals surface area contributed by atoms with Gasteiger partial charge in [-0.1, -0.05) is 13.8 Å². The highest BCUT2D eigenvalue weighted by atomic mass is 32.1. The van der Waals surface area contributed by atoms with Crippen molar-refractivity contribution in [3.8, 4) is 0 Å². The molecule has 1 aliphatic carbocycles. The summed E-state index contributed by atoms with van der Waals surface area (Å²) < 4.78 is 0. The average molecular weight is 282 g/mol. The molecule has 1 heterocycles. The molecule has 0 aliphatic heterocycles. The van der Waals surface area contributed by atoms with Crippen molar-refractivity contribution in [2.45, 2.75) is 51.9 Å². The van der Waals surface area contributed by atoms with E-state index in [1.54, 1.807) is 11.3 Å². The summed E-state index contributed by atoms with van der Waals surface area (Å²) in [5.41, 5.74) is 0.801. The predicted octanol–water partition coefficient (Wildman–Crippen LogP) is 3.50. The number of carbonyl (C=O) groups is 1. The smallest absolute Gasteiger partial charge is 0.312 e. The van der Waals surface area contributed by atoms with E-state index in [1.807, 2.05) is 0 Å². The van der Waals surface area contributed by atoms with Crippen molar-refractivity contribution in [1.29, 1.82) is 0 Å². The van der Waals surface area contributed by atoms with Gasteiger partial charge in [-0.3, -0.25) is 4.79 Å². The molecule has 1 atom stereocenters. The van der Waals surface area contributed by atoms with Gasteiger partial charge in [-0.05, 0) is 38.0 Å². The monoisotopic (exact) mass is 282 g/mol. The summed E-state index contributed by atoms with van der Waals surface area (Å²) in [5.74, 6) is -0.411. The fraction of sp³-hybridized carbons (Fsp3) is 0.714. The number of thiazole rings is 1. The molecule has 1 aromatic heterocycles. The maximum Gasteiger partial charge on any atom is 0.312 e. The van der Waals surface area contributed by atoms with Gasteiger partial charge in [0, 0.05) is 11.4 Å². The fourth-order valence-electron chi connectivity index (χ4n) is 2.44. The van der Waals surface area contributed by atoms with Crippen molar-refractivity contribution in [3.05, 3.63) is 10.6 Å². The van der Waals surface area contributed by atoms with Crippen molar-refractivity contribution in [2.24, 2.45) is 5.92 Å². The lowest BCUT2D eigenvalue weighted by Gasteiger charge is -2.16. The average Bonchev–Trinajstić information content (AvgIpc) is 2.76. The van der Waals surface area contributed by atoms with Crippen molar-refractivity contribution >= 4 is 22.4 Å². The Labute approximate surface area is 118 Å². The zero-order chi connectivity index (χ0) is 13.8. The summed E-state index contributed by atoms with van der Waals surface area (Å²) in [4.78, 5) is 16.9. The molecule has 0 aromatic carbocycles. The van der Waals surface area contributed by atoms with Gasteiger partial charge in [0.25, 0.3) is 0 Å². The molecule has 19 heavy (non-hydrogen) atoms. The van der Waals surface area contributed by atoms with E-state index in [0.717, 1.165) is 53.8 Å². The van der Waals surface area contributed by atoms with Crippen LogP contribution in [-0.4, -0.2) is 22.6 Å². The zero-order valence-corrected chi connectivity index (χ0v) is 12.4. The van der Waals surface area contributed by atoms with Crippen LogP contribution >= 0.6 is 11.3 Å². The number of hydrogen-bond donors (Lipinski definition) is 2. The lowest BCUT2D eigenvalue weighted by atomic mass is 9.91. The maximum atomic E-state index is 11.2. The number of carboxylic acids is 1. The molecular weight excluding hydrogens is 260 g/mol. The van der Waals surface area contributed by atoms with Crippen molar-refractivity contribution in [2.75, 3.05) is 11.9 Å². The lowest BCUT2D eigenvalue weighted by molar-refractivity contribution is -0.139. The third-order valence-corrected chi connectivity index (χ3v) is 4.58. The van der Waals surface area contributed by atoms with Crippen LogP contribution < -0.4 is 5.32 Å². The highest BCUT2D eigenvalue weighted by Crippen LogP contribution is 2.36. The SMILES string of the molecule is CC(C)CCCNc1nc2c(s1)CCCC2C(=O)O. The third kappa shape index (κ3) is 3.69. The standard InChI is InChI=1S/C14H22N2O2S/c1-9(2)5-4-8-15-14-16-12-10(13(17)18)6-3-7-11(12)19-14/h9-10H,3-8H2,1-2H3,(H,15,16)(H,17,18). The second-order valence-corrected chi connectivity index (χ2v) is 6.66. The topological polar surface area (TPSA) is 62.2 Å². The summed E-state index contributed by atoms with van der Waals surface area (Å²) in [7, 11) is 0.